The van der Waals surface area contributed by atoms with E-state index in [2.05, 4.69) is 22.2 Å². The molecule has 0 radical (unpaired) electrons. The molecule has 4 N–H and O–H groups in total. The summed E-state index contributed by atoms with van der Waals surface area (Å²) in [5, 5.41) is 6.68. The quantitative estimate of drug-likeness (QED) is 0.425. The predicted molar refractivity (Wildman–Crippen MR) is 87.7 cm³/mol. The molecule has 0 saturated heterocycles. The number of guanidine groups is 1. The molecule has 0 heterocycles. The normalized spacial score (nSPS) is 12.6. The second kappa shape index (κ2) is 8.54. The third-order valence-electron chi connectivity index (χ3n) is 2.63. The summed E-state index contributed by atoms with van der Waals surface area (Å²) >= 11 is 12.0. The molecule has 7 heteroatoms. The Morgan fingerprint density at radius 3 is 2.86 bits per heavy atom. The topological polar surface area (TPSA) is 79.5 Å². The molecule has 1 atom stereocenters. The molecule has 1 aromatic carbocycles. The Kier molecular flexibility index (Phi) is 7.05. The number of benzene rings is 1. The number of hydrogen-bond acceptors (Lipinski definition) is 2. The van der Waals surface area contributed by atoms with Crippen LogP contribution in [0.3, 0.4) is 0 Å². The Hall–Kier alpha value is -1.72. The van der Waals surface area contributed by atoms with Crippen molar-refractivity contribution in [1.82, 2.24) is 10.6 Å². The number of carbonyl (C=O) groups is 1. The molecule has 5 nitrogen and oxygen atoms in total. The van der Waals surface area contributed by atoms with E-state index in [9.17, 15) is 4.79 Å². The fourth-order valence-corrected chi connectivity index (χ4v) is 2.17. The Balaban J connectivity index is 2.58. The number of aliphatic imine (C=N–C) groups is 1. The number of nitrogens with one attached hydrogen (secondary N) is 2. The number of halogens is 2. The van der Waals surface area contributed by atoms with E-state index in [-0.39, 0.29) is 24.5 Å². The van der Waals surface area contributed by atoms with E-state index in [1.54, 1.807) is 18.2 Å². The number of nitrogens with two attached hydrogens (primary N) is 1. The monoisotopic (exact) mass is 328 g/mol. The van der Waals surface area contributed by atoms with Gasteiger partial charge >= 0.3 is 0 Å². The third kappa shape index (κ3) is 6.06. The average Bonchev–Trinajstić information content (AvgIpc) is 2.42. The molecule has 1 amide bonds. The molecule has 0 aromatic heterocycles. The van der Waals surface area contributed by atoms with E-state index >= 15 is 0 Å². The van der Waals surface area contributed by atoms with E-state index in [0.717, 1.165) is 5.56 Å². The van der Waals surface area contributed by atoms with Crippen molar-refractivity contribution < 1.29 is 4.79 Å². The first-order chi connectivity index (χ1) is 9.93. The molecule has 21 heavy (non-hydrogen) atoms. The minimum Gasteiger partial charge on any atom is -0.370 e. The lowest BCUT2D eigenvalue weighted by atomic mass is 10.1. The summed E-state index contributed by atoms with van der Waals surface area (Å²) in [5.74, 6) is -0.0564. The number of nitrogens with zero attached hydrogens (tertiary/aromatic N) is 1. The Morgan fingerprint density at radius 1 is 1.52 bits per heavy atom. The first kappa shape index (κ1) is 17.3. The molecule has 1 rings (SSSR count). The highest BCUT2D eigenvalue weighted by atomic mass is 35.5. The molecule has 0 spiro atoms. The van der Waals surface area contributed by atoms with Gasteiger partial charge in [0.15, 0.2) is 5.96 Å². The van der Waals surface area contributed by atoms with E-state index < -0.39 is 0 Å². The summed E-state index contributed by atoms with van der Waals surface area (Å²) in [4.78, 5) is 15.3. The van der Waals surface area contributed by atoms with Crippen LogP contribution in [0.25, 0.3) is 0 Å². The predicted octanol–water partition coefficient (Wildman–Crippen LogP) is 2.26. The lowest BCUT2D eigenvalue weighted by molar-refractivity contribution is -0.119. The fraction of sp³-hybridized carbons (Fsp3) is 0.286. The second-order valence-corrected chi connectivity index (χ2v) is 5.17. The van der Waals surface area contributed by atoms with Crippen molar-refractivity contribution in [3.05, 3.63) is 46.5 Å². The molecule has 0 aliphatic heterocycles. The summed E-state index contributed by atoms with van der Waals surface area (Å²) in [7, 11) is 0. The highest BCUT2D eigenvalue weighted by molar-refractivity contribution is 6.35. The van der Waals surface area contributed by atoms with Crippen molar-refractivity contribution in [1.29, 1.82) is 0 Å². The molecule has 0 aliphatic carbocycles. The molecule has 0 saturated carbocycles. The van der Waals surface area contributed by atoms with E-state index in [0.29, 0.717) is 16.6 Å². The summed E-state index contributed by atoms with van der Waals surface area (Å²) in [6, 6.07) is 5.06. The molecule has 0 aliphatic rings. The van der Waals surface area contributed by atoms with Gasteiger partial charge in [-0.2, -0.15) is 0 Å². The third-order valence-corrected chi connectivity index (χ3v) is 3.19. The number of amides is 1. The maximum Gasteiger partial charge on any atom is 0.242 e. The highest BCUT2D eigenvalue weighted by Gasteiger charge is 2.10. The average molecular weight is 329 g/mol. The van der Waals surface area contributed by atoms with E-state index in [1.807, 2.05) is 13.0 Å². The van der Waals surface area contributed by atoms with Gasteiger partial charge in [-0.25, -0.2) is 4.99 Å². The number of rotatable bonds is 6. The van der Waals surface area contributed by atoms with Gasteiger partial charge in [0.25, 0.3) is 0 Å². The van der Waals surface area contributed by atoms with Gasteiger partial charge in [-0.3, -0.25) is 4.79 Å². The van der Waals surface area contributed by atoms with Crippen LogP contribution >= 0.6 is 23.2 Å². The van der Waals surface area contributed by atoms with Gasteiger partial charge in [-0.15, -0.1) is 6.58 Å². The van der Waals surface area contributed by atoms with Gasteiger partial charge in [-0.1, -0.05) is 35.3 Å². The smallest absolute Gasteiger partial charge is 0.242 e. The van der Waals surface area contributed by atoms with Gasteiger partial charge in [0.05, 0.1) is 6.04 Å². The van der Waals surface area contributed by atoms with Crippen LogP contribution in [0.2, 0.25) is 10.0 Å². The van der Waals surface area contributed by atoms with Crippen molar-refractivity contribution in [2.45, 2.75) is 13.0 Å². The number of carbonyl (C=O) groups excluding carboxylic acids is 1. The first-order valence-corrected chi connectivity index (χ1v) is 7.08. The first-order valence-electron chi connectivity index (χ1n) is 6.33. The molecular weight excluding hydrogens is 311 g/mol. The van der Waals surface area contributed by atoms with Crippen LogP contribution in [0.1, 0.15) is 18.5 Å². The fourth-order valence-electron chi connectivity index (χ4n) is 1.60. The lowest BCUT2D eigenvalue weighted by Gasteiger charge is -2.16. The van der Waals surface area contributed by atoms with Crippen LogP contribution in [-0.4, -0.2) is 25.0 Å². The summed E-state index contributed by atoms with van der Waals surface area (Å²) in [6.45, 7) is 5.74. The molecule has 114 valence electrons. The Bertz CT molecular complexity index is 546. The summed E-state index contributed by atoms with van der Waals surface area (Å²) < 4.78 is 0. The maximum absolute atomic E-state index is 11.4. The van der Waals surface area contributed by atoms with E-state index in [1.165, 1.54) is 0 Å². The summed E-state index contributed by atoms with van der Waals surface area (Å²) in [6.07, 6.45) is 1.59. The van der Waals surface area contributed by atoms with Gasteiger partial charge in [0.2, 0.25) is 5.91 Å². The van der Waals surface area contributed by atoms with Gasteiger partial charge in [0.1, 0.15) is 6.54 Å². The van der Waals surface area contributed by atoms with Crippen molar-refractivity contribution in [3.63, 3.8) is 0 Å². The van der Waals surface area contributed by atoms with Crippen LogP contribution in [0.5, 0.6) is 0 Å². The lowest BCUT2D eigenvalue weighted by Crippen LogP contribution is -2.35. The van der Waals surface area contributed by atoms with Crippen molar-refractivity contribution in [2.75, 3.05) is 13.1 Å². The maximum atomic E-state index is 11.4. The second-order valence-electron chi connectivity index (χ2n) is 4.33. The van der Waals surface area contributed by atoms with Gasteiger partial charge in [0, 0.05) is 16.6 Å². The minimum absolute atomic E-state index is 0.0479. The molecule has 0 fully saturated rings. The SMILES string of the molecule is C=CCNC(=O)CN=C(N)NC(C)c1ccc(Cl)cc1Cl. The van der Waals surface area contributed by atoms with Gasteiger partial charge in [-0.05, 0) is 24.6 Å². The zero-order chi connectivity index (χ0) is 15.8. The molecule has 1 unspecified atom stereocenters. The minimum atomic E-state index is -0.225. The standard InChI is InChI=1S/C14H18Cl2N4O/c1-3-6-18-13(21)8-19-14(17)20-9(2)11-5-4-10(15)7-12(11)16/h3-5,7,9H,1,6,8H2,2H3,(H,18,21)(H3,17,19,20). The van der Waals surface area contributed by atoms with Crippen LogP contribution in [0, 0.1) is 0 Å². The molecule has 0 bridgehead atoms. The highest BCUT2D eigenvalue weighted by Crippen LogP contribution is 2.25. The van der Waals surface area contributed by atoms with Crippen LogP contribution in [-0.2, 0) is 4.79 Å². The Labute approximate surface area is 134 Å². The van der Waals surface area contributed by atoms with Crippen LogP contribution in [0.4, 0.5) is 0 Å². The largest absolute Gasteiger partial charge is 0.370 e. The van der Waals surface area contributed by atoms with Crippen molar-refractivity contribution in [3.8, 4) is 0 Å². The zero-order valence-corrected chi connectivity index (χ0v) is 13.2. The van der Waals surface area contributed by atoms with Gasteiger partial charge < -0.3 is 16.4 Å². The summed E-state index contributed by atoms with van der Waals surface area (Å²) in [5.41, 5.74) is 6.58. The number of hydrogen-bond donors (Lipinski definition) is 3. The zero-order valence-electron chi connectivity index (χ0n) is 11.7. The van der Waals surface area contributed by atoms with E-state index in [4.69, 9.17) is 28.9 Å². The molecular formula is C14H18Cl2N4O. The van der Waals surface area contributed by atoms with Crippen LogP contribution < -0.4 is 16.4 Å². The molecule has 1 aromatic rings. The van der Waals surface area contributed by atoms with Crippen molar-refractivity contribution in [2.24, 2.45) is 10.7 Å². The Morgan fingerprint density at radius 2 is 2.24 bits per heavy atom. The van der Waals surface area contributed by atoms with Crippen molar-refractivity contribution >= 4 is 35.1 Å². The van der Waals surface area contributed by atoms with Crippen LogP contribution in [0.15, 0.2) is 35.8 Å².